The molecule has 0 fully saturated rings. The van der Waals surface area contributed by atoms with E-state index in [0.717, 1.165) is 5.57 Å². The van der Waals surface area contributed by atoms with Gasteiger partial charge in [-0.15, -0.1) is 0 Å². The first kappa shape index (κ1) is 14.7. The van der Waals surface area contributed by atoms with Gasteiger partial charge in [0, 0.05) is 0 Å². The minimum absolute atomic E-state index is 0.133. The van der Waals surface area contributed by atoms with Crippen molar-refractivity contribution in [3.8, 4) is 0 Å². The van der Waals surface area contributed by atoms with E-state index in [-0.39, 0.29) is 5.78 Å². The molecule has 0 unspecified atom stereocenters. The zero-order valence-electron chi connectivity index (χ0n) is 10.9. The van der Waals surface area contributed by atoms with Crippen LogP contribution in [0.1, 0.15) is 41.5 Å². The molecule has 0 bridgehead atoms. The first-order chi connectivity index (χ1) is 7.11. The number of ketones is 1. The van der Waals surface area contributed by atoms with Gasteiger partial charge in [-0.3, -0.25) is 4.79 Å². The molecule has 0 spiro atoms. The fourth-order valence-corrected chi connectivity index (χ4v) is 0.965. The van der Waals surface area contributed by atoms with Crippen molar-refractivity contribution in [1.82, 2.24) is 5.32 Å². The van der Waals surface area contributed by atoms with E-state index < -0.39 is 17.7 Å². The smallest absolute Gasteiger partial charge is 0.408 e. The Kier molecular flexibility index (Phi) is 5.21. The third-order valence-electron chi connectivity index (χ3n) is 1.59. The molecule has 0 aliphatic carbocycles. The topological polar surface area (TPSA) is 55.4 Å². The minimum Gasteiger partial charge on any atom is -0.444 e. The molecule has 16 heavy (non-hydrogen) atoms. The second-order valence-corrected chi connectivity index (χ2v) is 4.99. The van der Waals surface area contributed by atoms with E-state index in [4.69, 9.17) is 4.74 Å². The monoisotopic (exact) mass is 227 g/mol. The van der Waals surface area contributed by atoms with Gasteiger partial charge in [0.2, 0.25) is 0 Å². The van der Waals surface area contributed by atoms with Gasteiger partial charge in [-0.2, -0.15) is 0 Å². The number of allylic oxidation sites excluding steroid dienone is 1. The number of carbonyl (C=O) groups excluding carboxylic acids is 2. The number of alkyl carbamates (subject to hydrolysis) is 1. The molecule has 0 aliphatic heterocycles. The quantitative estimate of drug-likeness (QED) is 0.753. The molecular formula is C12H21NO3. The highest BCUT2D eigenvalue weighted by atomic mass is 16.6. The van der Waals surface area contributed by atoms with E-state index in [1.54, 1.807) is 27.7 Å². The highest BCUT2D eigenvalue weighted by Gasteiger charge is 2.19. The summed E-state index contributed by atoms with van der Waals surface area (Å²) >= 11 is 0. The van der Waals surface area contributed by atoms with Crippen molar-refractivity contribution in [3.05, 3.63) is 11.6 Å². The molecule has 0 aromatic carbocycles. The fraction of sp³-hybridized carbons (Fsp3) is 0.667. The normalized spacial score (nSPS) is 12.6. The molecule has 1 N–H and O–H groups in total. The van der Waals surface area contributed by atoms with Crippen LogP contribution in [0.15, 0.2) is 11.6 Å². The Bertz CT molecular complexity index is 296. The van der Waals surface area contributed by atoms with Crippen LogP contribution in [0.5, 0.6) is 0 Å². The summed E-state index contributed by atoms with van der Waals surface area (Å²) in [7, 11) is 0. The molecular weight excluding hydrogens is 206 g/mol. The third-order valence-corrected chi connectivity index (χ3v) is 1.59. The van der Waals surface area contributed by atoms with Gasteiger partial charge in [-0.1, -0.05) is 5.57 Å². The van der Waals surface area contributed by atoms with Crippen molar-refractivity contribution in [2.24, 2.45) is 0 Å². The number of hydrogen-bond donors (Lipinski definition) is 1. The fourth-order valence-electron chi connectivity index (χ4n) is 0.965. The molecule has 0 saturated carbocycles. The Morgan fingerprint density at radius 3 is 2.12 bits per heavy atom. The summed E-state index contributed by atoms with van der Waals surface area (Å²) in [5.74, 6) is -0.133. The maximum absolute atomic E-state index is 11.5. The summed E-state index contributed by atoms with van der Waals surface area (Å²) in [4.78, 5) is 22.9. The summed E-state index contributed by atoms with van der Waals surface area (Å²) in [6.07, 6.45) is 0.928. The Balaban J connectivity index is 4.25. The first-order valence-corrected chi connectivity index (χ1v) is 5.30. The van der Waals surface area contributed by atoms with Gasteiger partial charge in [0.15, 0.2) is 5.78 Å². The van der Waals surface area contributed by atoms with Crippen LogP contribution in [-0.4, -0.2) is 23.5 Å². The van der Waals surface area contributed by atoms with Crippen LogP contribution in [0.3, 0.4) is 0 Å². The number of rotatable bonds is 3. The molecule has 4 heteroatoms. The molecule has 1 atom stereocenters. The molecule has 0 aromatic heterocycles. The Hall–Kier alpha value is -1.32. The zero-order valence-corrected chi connectivity index (χ0v) is 10.9. The molecule has 1 amide bonds. The largest absolute Gasteiger partial charge is 0.444 e. The van der Waals surface area contributed by atoms with Crippen molar-refractivity contribution in [3.63, 3.8) is 0 Å². The number of carbonyl (C=O) groups is 2. The zero-order chi connectivity index (χ0) is 12.9. The summed E-state index contributed by atoms with van der Waals surface area (Å²) in [6, 6.07) is -0.565. The average Bonchev–Trinajstić information content (AvgIpc) is 1.98. The van der Waals surface area contributed by atoms with E-state index in [9.17, 15) is 9.59 Å². The minimum atomic E-state index is -0.574. The van der Waals surface area contributed by atoms with Gasteiger partial charge < -0.3 is 10.1 Å². The van der Waals surface area contributed by atoms with Crippen LogP contribution < -0.4 is 5.32 Å². The van der Waals surface area contributed by atoms with E-state index in [0.29, 0.717) is 0 Å². The summed E-state index contributed by atoms with van der Waals surface area (Å²) < 4.78 is 5.04. The van der Waals surface area contributed by atoms with E-state index in [2.05, 4.69) is 5.32 Å². The van der Waals surface area contributed by atoms with Crippen LogP contribution in [-0.2, 0) is 9.53 Å². The Morgan fingerprint density at radius 2 is 1.75 bits per heavy atom. The molecule has 92 valence electrons. The molecule has 0 aromatic rings. The predicted molar refractivity (Wildman–Crippen MR) is 63.3 cm³/mol. The SMILES string of the molecule is CC(C)=CC(=O)[C@H](C)NC(=O)OC(C)(C)C. The summed E-state index contributed by atoms with van der Waals surface area (Å²) in [5, 5.41) is 2.49. The average molecular weight is 227 g/mol. The van der Waals surface area contributed by atoms with Gasteiger partial charge in [0.25, 0.3) is 0 Å². The molecule has 0 saturated heterocycles. The standard InChI is InChI=1S/C12H21NO3/c1-8(2)7-10(14)9(3)13-11(15)16-12(4,5)6/h7,9H,1-6H3,(H,13,15)/t9-/m0/s1. The highest BCUT2D eigenvalue weighted by molar-refractivity contribution is 5.96. The molecule has 0 aliphatic rings. The van der Waals surface area contributed by atoms with Crippen LogP contribution in [0.4, 0.5) is 4.79 Å². The summed E-state index contributed by atoms with van der Waals surface area (Å²) in [6.45, 7) is 10.6. The number of amides is 1. The molecule has 4 nitrogen and oxygen atoms in total. The lowest BCUT2D eigenvalue weighted by molar-refractivity contribution is -0.116. The van der Waals surface area contributed by atoms with Gasteiger partial charge >= 0.3 is 6.09 Å². The first-order valence-electron chi connectivity index (χ1n) is 5.30. The highest BCUT2D eigenvalue weighted by Crippen LogP contribution is 2.06. The third kappa shape index (κ3) is 7.04. The second-order valence-electron chi connectivity index (χ2n) is 4.99. The maximum Gasteiger partial charge on any atom is 0.408 e. The number of hydrogen-bond acceptors (Lipinski definition) is 3. The van der Waals surface area contributed by atoms with E-state index >= 15 is 0 Å². The van der Waals surface area contributed by atoms with Crippen LogP contribution in [0, 0.1) is 0 Å². The van der Waals surface area contributed by atoms with Crippen LogP contribution in [0.25, 0.3) is 0 Å². The van der Waals surface area contributed by atoms with Crippen LogP contribution >= 0.6 is 0 Å². The Labute approximate surface area is 97.1 Å². The van der Waals surface area contributed by atoms with E-state index in [1.165, 1.54) is 6.08 Å². The van der Waals surface area contributed by atoms with Gasteiger partial charge in [-0.05, 0) is 47.6 Å². The lowest BCUT2D eigenvalue weighted by atomic mass is 10.1. The van der Waals surface area contributed by atoms with Gasteiger partial charge in [-0.25, -0.2) is 4.79 Å². The van der Waals surface area contributed by atoms with Crippen molar-refractivity contribution in [1.29, 1.82) is 0 Å². The Morgan fingerprint density at radius 1 is 1.25 bits per heavy atom. The number of nitrogens with one attached hydrogen (secondary N) is 1. The maximum atomic E-state index is 11.5. The summed E-state index contributed by atoms with van der Waals surface area (Å²) in [5.41, 5.74) is 0.353. The van der Waals surface area contributed by atoms with E-state index in [1.807, 2.05) is 13.8 Å². The van der Waals surface area contributed by atoms with Crippen LogP contribution in [0.2, 0.25) is 0 Å². The van der Waals surface area contributed by atoms with Crippen molar-refractivity contribution >= 4 is 11.9 Å². The lowest BCUT2D eigenvalue weighted by Gasteiger charge is -2.21. The predicted octanol–water partition coefficient (Wildman–Crippen LogP) is 2.43. The lowest BCUT2D eigenvalue weighted by Crippen LogP contribution is -2.41. The van der Waals surface area contributed by atoms with Gasteiger partial charge in [0.05, 0.1) is 6.04 Å². The van der Waals surface area contributed by atoms with Crippen molar-refractivity contribution in [2.45, 2.75) is 53.2 Å². The molecule has 0 heterocycles. The van der Waals surface area contributed by atoms with Crippen molar-refractivity contribution in [2.75, 3.05) is 0 Å². The van der Waals surface area contributed by atoms with Gasteiger partial charge in [0.1, 0.15) is 5.60 Å². The van der Waals surface area contributed by atoms with Crippen molar-refractivity contribution < 1.29 is 14.3 Å². The number of ether oxygens (including phenoxy) is 1. The molecule has 0 rings (SSSR count). The molecule has 0 radical (unpaired) electrons. The second kappa shape index (κ2) is 5.68.